The van der Waals surface area contributed by atoms with E-state index in [-0.39, 0.29) is 17.8 Å². The Morgan fingerprint density at radius 2 is 1.90 bits per heavy atom. The van der Waals surface area contributed by atoms with E-state index in [0.29, 0.717) is 19.3 Å². The maximum atomic E-state index is 12.8. The highest BCUT2D eigenvalue weighted by Gasteiger charge is 2.37. The fourth-order valence-electron chi connectivity index (χ4n) is 2.94. The van der Waals surface area contributed by atoms with Crippen molar-refractivity contribution in [1.29, 1.82) is 0 Å². The number of nitrogens with one attached hydrogen (secondary N) is 1. The highest BCUT2D eigenvalue weighted by molar-refractivity contribution is 5.85. The summed E-state index contributed by atoms with van der Waals surface area (Å²) in [6, 6.07) is 6.04. The van der Waals surface area contributed by atoms with Gasteiger partial charge in [0, 0.05) is 6.04 Å². The van der Waals surface area contributed by atoms with Gasteiger partial charge in [0.2, 0.25) is 5.91 Å². The van der Waals surface area contributed by atoms with E-state index in [4.69, 9.17) is 5.11 Å². The van der Waals surface area contributed by atoms with Gasteiger partial charge in [-0.25, -0.2) is 4.39 Å². The Morgan fingerprint density at radius 3 is 2.52 bits per heavy atom. The number of carboxylic acids is 1. The molecule has 1 unspecified atom stereocenters. The minimum Gasteiger partial charge on any atom is -0.481 e. The molecule has 0 aromatic heterocycles. The van der Waals surface area contributed by atoms with Gasteiger partial charge in [0.1, 0.15) is 5.82 Å². The van der Waals surface area contributed by atoms with Crippen molar-refractivity contribution in [1.82, 2.24) is 5.32 Å². The highest BCUT2D eigenvalue weighted by atomic mass is 19.1. The van der Waals surface area contributed by atoms with Crippen LogP contribution in [0.4, 0.5) is 4.39 Å². The maximum absolute atomic E-state index is 12.8. The number of carbonyl (C=O) groups is 2. The number of carbonyl (C=O) groups excluding carboxylic acids is 1. The topological polar surface area (TPSA) is 66.4 Å². The molecule has 4 nitrogen and oxygen atoms in total. The lowest BCUT2D eigenvalue weighted by atomic mass is 9.95. The molecule has 0 spiro atoms. The summed E-state index contributed by atoms with van der Waals surface area (Å²) in [5.41, 5.74) is 0.936. The van der Waals surface area contributed by atoms with Crippen molar-refractivity contribution >= 4 is 11.9 Å². The van der Waals surface area contributed by atoms with E-state index in [0.717, 1.165) is 12.0 Å². The first kappa shape index (κ1) is 15.5. The summed E-state index contributed by atoms with van der Waals surface area (Å²) in [5, 5.41) is 12.0. The van der Waals surface area contributed by atoms with E-state index in [2.05, 4.69) is 5.32 Å². The summed E-state index contributed by atoms with van der Waals surface area (Å²) in [6.07, 6.45) is 2.57. The van der Waals surface area contributed by atoms with Crippen LogP contribution >= 0.6 is 0 Å². The summed E-state index contributed by atoms with van der Waals surface area (Å²) >= 11 is 0. The van der Waals surface area contributed by atoms with Crippen LogP contribution in [0.3, 0.4) is 0 Å². The molecule has 0 heterocycles. The Labute approximate surface area is 123 Å². The number of rotatable bonds is 5. The smallest absolute Gasteiger partial charge is 0.307 e. The van der Waals surface area contributed by atoms with E-state index < -0.39 is 17.8 Å². The second-order valence-corrected chi connectivity index (χ2v) is 5.72. The van der Waals surface area contributed by atoms with Gasteiger partial charge in [-0.15, -0.1) is 0 Å². The summed E-state index contributed by atoms with van der Waals surface area (Å²) in [7, 11) is 0. The van der Waals surface area contributed by atoms with Gasteiger partial charge >= 0.3 is 5.97 Å². The Bertz CT molecular complexity index is 515. The summed E-state index contributed by atoms with van der Waals surface area (Å²) in [4.78, 5) is 23.3. The van der Waals surface area contributed by atoms with Gasteiger partial charge in [-0.1, -0.05) is 18.6 Å². The minimum atomic E-state index is -0.890. The van der Waals surface area contributed by atoms with E-state index in [1.807, 2.05) is 6.92 Å². The molecule has 0 radical (unpaired) electrons. The molecule has 2 rings (SSSR count). The summed E-state index contributed by atoms with van der Waals surface area (Å²) < 4.78 is 12.8. The van der Waals surface area contributed by atoms with Crippen LogP contribution in [0.25, 0.3) is 0 Å². The van der Waals surface area contributed by atoms with E-state index >= 15 is 0 Å². The zero-order valence-corrected chi connectivity index (χ0v) is 12.0. The molecule has 114 valence electrons. The lowest BCUT2D eigenvalue weighted by Gasteiger charge is -2.19. The number of hydrogen-bond donors (Lipinski definition) is 2. The molecule has 1 aromatic carbocycles. The van der Waals surface area contributed by atoms with Gasteiger partial charge in [-0.05, 0) is 43.9 Å². The monoisotopic (exact) mass is 293 g/mol. The van der Waals surface area contributed by atoms with Gasteiger partial charge in [-0.3, -0.25) is 9.59 Å². The van der Waals surface area contributed by atoms with Crippen LogP contribution in [0.2, 0.25) is 0 Å². The van der Waals surface area contributed by atoms with Crippen LogP contribution < -0.4 is 5.32 Å². The number of aliphatic carboxylic acids is 1. The first-order valence-electron chi connectivity index (χ1n) is 7.25. The molecular weight excluding hydrogens is 273 g/mol. The van der Waals surface area contributed by atoms with Crippen molar-refractivity contribution < 1.29 is 19.1 Å². The summed E-state index contributed by atoms with van der Waals surface area (Å²) in [5.74, 6) is -2.36. The third-order valence-electron chi connectivity index (χ3n) is 4.01. The average molecular weight is 293 g/mol. The third kappa shape index (κ3) is 4.03. The van der Waals surface area contributed by atoms with Crippen molar-refractivity contribution in [2.45, 2.75) is 38.6 Å². The van der Waals surface area contributed by atoms with Gasteiger partial charge in [0.25, 0.3) is 0 Å². The van der Waals surface area contributed by atoms with Gasteiger partial charge in [0.15, 0.2) is 0 Å². The second-order valence-electron chi connectivity index (χ2n) is 5.72. The Balaban J connectivity index is 1.90. The lowest BCUT2D eigenvalue weighted by molar-refractivity contribution is -0.146. The van der Waals surface area contributed by atoms with Gasteiger partial charge < -0.3 is 10.4 Å². The molecule has 0 bridgehead atoms. The molecule has 2 N–H and O–H groups in total. The molecule has 5 heteroatoms. The van der Waals surface area contributed by atoms with Crippen molar-refractivity contribution in [3.05, 3.63) is 35.6 Å². The minimum absolute atomic E-state index is 0.113. The molecule has 1 aliphatic rings. The van der Waals surface area contributed by atoms with Crippen molar-refractivity contribution in [2.75, 3.05) is 0 Å². The molecule has 1 aliphatic carbocycles. The SMILES string of the molecule is CC(Cc1ccc(F)cc1)NC(=O)[C@@H]1CCC[C@@H]1C(=O)O. The standard InChI is InChI=1S/C16H20FNO3/c1-10(9-11-5-7-12(17)8-6-11)18-15(19)13-3-2-4-14(13)16(20)21/h5-8,10,13-14H,2-4,9H2,1H3,(H,18,19)(H,20,21)/t10?,13-,14+/m1/s1. The van der Waals surface area contributed by atoms with Crippen LogP contribution in [-0.4, -0.2) is 23.0 Å². The number of benzene rings is 1. The van der Waals surface area contributed by atoms with E-state index in [1.165, 1.54) is 12.1 Å². The van der Waals surface area contributed by atoms with Crippen LogP contribution in [0.1, 0.15) is 31.7 Å². The third-order valence-corrected chi connectivity index (χ3v) is 4.01. The highest BCUT2D eigenvalue weighted by Crippen LogP contribution is 2.32. The molecule has 21 heavy (non-hydrogen) atoms. The van der Waals surface area contributed by atoms with Gasteiger partial charge in [-0.2, -0.15) is 0 Å². The Morgan fingerprint density at radius 1 is 1.29 bits per heavy atom. The van der Waals surface area contributed by atoms with Crippen molar-refractivity contribution in [3.63, 3.8) is 0 Å². The molecular formula is C16H20FNO3. The molecule has 3 atom stereocenters. The van der Waals surface area contributed by atoms with Crippen LogP contribution in [0.15, 0.2) is 24.3 Å². The second kappa shape index (κ2) is 6.70. The largest absolute Gasteiger partial charge is 0.481 e. The molecule has 0 aliphatic heterocycles. The van der Waals surface area contributed by atoms with Crippen LogP contribution in [0.5, 0.6) is 0 Å². The fourth-order valence-corrected chi connectivity index (χ4v) is 2.94. The zero-order chi connectivity index (χ0) is 15.4. The zero-order valence-electron chi connectivity index (χ0n) is 12.0. The average Bonchev–Trinajstić information content (AvgIpc) is 2.91. The number of hydrogen-bond acceptors (Lipinski definition) is 2. The van der Waals surface area contributed by atoms with Crippen LogP contribution in [0, 0.1) is 17.7 Å². The maximum Gasteiger partial charge on any atom is 0.307 e. The predicted octanol–water partition coefficient (Wildman–Crippen LogP) is 2.37. The fraction of sp³-hybridized carbons (Fsp3) is 0.500. The van der Waals surface area contributed by atoms with Crippen molar-refractivity contribution in [2.24, 2.45) is 11.8 Å². The first-order chi connectivity index (χ1) is 9.97. The lowest BCUT2D eigenvalue weighted by Crippen LogP contribution is -2.40. The number of halogens is 1. The quantitative estimate of drug-likeness (QED) is 0.876. The first-order valence-corrected chi connectivity index (χ1v) is 7.25. The molecule has 0 saturated heterocycles. The van der Waals surface area contributed by atoms with Crippen LogP contribution in [-0.2, 0) is 16.0 Å². The van der Waals surface area contributed by atoms with Crippen molar-refractivity contribution in [3.8, 4) is 0 Å². The van der Waals surface area contributed by atoms with Gasteiger partial charge in [0.05, 0.1) is 11.8 Å². The number of carboxylic acid groups (broad SMARTS) is 1. The molecule has 1 saturated carbocycles. The Kier molecular flexibility index (Phi) is 4.94. The number of amides is 1. The summed E-state index contributed by atoms with van der Waals surface area (Å²) in [6.45, 7) is 1.87. The Hall–Kier alpha value is -1.91. The molecule has 1 amide bonds. The molecule has 1 fully saturated rings. The molecule has 1 aromatic rings. The normalized spacial score (nSPS) is 22.8. The predicted molar refractivity (Wildman–Crippen MR) is 76.2 cm³/mol. The van der Waals surface area contributed by atoms with E-state index in [9.17, 15) is 14.0 Å². The van der Waals surface area contributed by atoms with E-state index in [1.54, 1.807) is 12.1 Å².